The van der Waals surface area contributed by atoms with Crippen molar-refractivity contribution in [3.05, 3.63) is 23.8 Å². The topological polar surface area (TPSA) is 62.2 Å². The zero-order valence-electron chi connectivity index (χ0n) is 13.0. The van der Waals surface area contributed by atoms with Gasteiger partial charge in [-0.05, 0) is 12.8 Å². The van der Waals surface area contributed by atoms with Gasteiger partial charge in [-0.1, -0.05) is 0 Å². The Morgan fingerprint density at radius 1 is 1.12 bits per heavy atom. The number of aliphatic hydroxyl groups is 1. The van der Waals surface area contributed by atoms with Gasteiger partial charge in [-0.25, -0.2) is 13.6 Å². The fourth-order valence-electron chi connectivity index (χ4n) is 3.63. The summed E-state index contributed by atoms with van der Waals surface area (Å²) in [4.78, 5) is 14.6. The van der Waals surface area contributed by atoms with E-state index >= 15 is 0 Å². The van der Waals surface area contributed by atoms with E-state index in [1.165, 1.54) is 0 Å². The minimum Gasteiger partial charge on any atom is -0.441 e. The molecule has 3 atom stereocenters. The van der Waals surface area contributed by atoms with Crippen molar-refractivity contribution in [2.24, 2.45) is 0 Å². The molecule has 1 amide bonds. The number of morpholine rings is 1. The SMILES string of the molecule is O=C1O[C@@H](CO)CN1c1cc(F)c(N2CC3CCC(C2)O3)c(F)c1. The minimum absolute atomic E-state index is 0.0149. The normalized spacial score (nSPS) is 29.3. The first-order chi connectivity index (χ1) is 11.5. The number of hydrogen-bond donors (Lipinski definition) is 1. The van der Waals surface area contributed by atoms with E-state index in [0.717, 1.165) is 29.9 Å². The highest BCUT2D eigenvalue weighted by molar-refractivity contribution is 5.90. The molecule has 2 bridgehead atoms. The fourth-order valence-corrected chi connectivity index (χ4v) is 3.63. The molecule has 0 radical (unpaired) electrons. The molecule has 0 aromatic heterocycles. The van der Waals surface area contributed by atoms with Crippen LogP contribution in [0.3, 0.4) is 0 Å². The molecule has 0 saturated carbocycles. The van der Waals surface area contributed by atoms with Gasteiger partial charge in [0.15, 0.2) is 11.6 Å². The molecule has 3 heterocycles. The Bertz CT molecular complexity index is 636. The highest BCUT2D eigenvalue weighted by Gasteiger charge is 2.37. The lowest BCUT2D eigenvalue weighted by Crippen LogP contribution is -2.43. The van der Waals surface area contributed by atoms with Crippen molar-refractivity contribution >= 4 is 17.5 Å². The van der Waals surface area contributed by atoms with Crippen LogP contribution in [0.5, 0.6) is 0 Å². The zero-order valence-corrected chi connectivity index (χ0v) is 13.0. The monoisotopic (exact) mass is 340 g/mol. The molecule has 1 aromatic carbocycles. The van der Waals surface area contributed by atoms with Crippen LogP contribution in [0.1, 0.15) is 12.8 Å². The van der Waals surface area contributed by atoms with Crippen molar-refractivity contribution in [1.82, 2.24) is 0 Å². The maximum Gasteiger partial charge on any atom is 0.414 e. The second kappa shape index (κ2) is 5.86. The molecule has 3 saturated heterocycles. The minimum atomic E-state index is -0.718. The number of cyclic esters (lactones) is 1. The fraction of sp³-hybridized carbons (Fsp3) is 0.562. The van der Waals surface area contributed by atoms with Crippen LogP contribution in [-0.2, 0) is 9.47 Å². The molecule has 1 N–H and O–H groups in total. The molecule has 6 nitrogen and oxygen atoms in total. The summed E-state index contributed by atoms with van der Waals surface area (Å²) >= 11 is 0. The molecule has 24 heavy (non-hydrogen) atoms. The molecular formula is C16H18F2N2O4. The first kappa shape index (κ1) is 15.6. The molecule has 0 spiro atoms. The predicted molar refractivity (Wildman–Crippen MR) is 81.2 cm³/mol. The maximum absolute atomic E-state index is 14.6. The van der Waals surface area contributed by atoms with E-state index < -0.39 is 23.8 Å². The van der Waals surface area contributed by atoms with E-state index in [1.807, 2.05) is 0 Å². The molecule has 130 valence electrons. The Hall–Kier alpha value is -1.93. The van der Waals surface area contributed by atoms with Crippen LogP contribution < -0.4 is 9.80 Å². The van der Waals surface area contributed by atoms with E-state index in [1.54, 1.807) is 4.90 Å². The summed E-state index contributed by atoms with van der Waals surface area (Å²) in [7, 11) is 0. The summed E-state index contributed by atoms with van der Waals surface area (Å²) < 4.78 is 39.8. The highest BCUT2D eigenvalue weighted by atomic mass is 19.1. The molecule has 3 aliphatic rings. The average molecular weight is 340 g/mol. The largest absolute Gasteiger partial charge is 0.441 e. The van der Waals surface area contributed by atoms with Gasteiger partial charge in [0, 0.05) is 25.2 Å². The third-order valence-corrected chi connectivity index (χ3v) is 4.75. The number of amides is 1. The maximum atomic E-state index is 14.6. The van der Waals surface area contributed by atoms with Gasteiger partial charge in [0.25, 0.3) is 0 Å². The Morgan fingerprint density at radius 2 is 1.75 bits per heavy atom. The Labute approximate surface area is 137 Å². The number of benzene rings is 1. The summed E-state index contributed by atoms with van der Waals surface area (Å²) in [5.74, 6) is -1.43. The molecule has 0 aliphatic carbocycles. The number of aliphatic hydroxyl groups excluding tert-OH is 1. The van der Waals surface area contributed by atoms with E-state index in [2.05, 4.69) is 0 Å². The lowest BCUT2D eigenvalue weighted by molar-refractivity contribution is 0.0300. The van der Waals surface area contributed by atoms with E-state index in [0.29, 0.717) is 13.1 Å². The van der Waals surface area contributed by atoms with Crippen LogP contribution in [0.4, 0.5) is 25.0 Å². The van der Waals surface area contributed by atoms with Gasteiger partial charge in [-0.15, -0.1) is 0 Å². The number of halogens is 2. The lowest BCUT2D eigenvalue weighted by Gasteiger charge is -2.34. The predicted octanol–water partition coefficient (Wildman–Crippen LogP) is 1.65. The van der Waals surface area contributed by atoms with Crippen LogP contribution in [0.25, 0.3) is 0 Å². The summed E-state index contributed by atoms with van der Waals surface area (Å²) in [6, 6.07) is 2.27. The van der Waals surface area contributed by atoms with Gasteiger partial charge >= 0.3 is 6.09 Å². The van der Waals surface area contributed by atoms with Crippen molar-refractivity contribution in [3.63, 3.8) is 0 Å². The number of carbonyl (C=O) groups is 1. The molecule has 3 fully saturated rings. The van der Waals surface area contributed by atoms with E-state index in [-0.39, 0.29) is 36.7 Å². The second-order valence-electron chi connectivity index (χ2n) is 6.42. The Kier molecular flexibility index (Phi) is 3.80. The molecule has 3 aliphatic heterocycles. The van der Waals surface area contributed by atoms with Gasteiger partial charge in [0.05, 0.1) is 31.0 Å². The molecule has 1 aromatic rings. The highest BCUT2D eigenvalue weighted by Crippen LogP contribution is 2.35. The quantitative estimate of drug-likeness (QED) is 0.907. The van der Waals surface area contributed by atoms with Crippen LogP contribution >= 0.6 is 0 Å². The number of fused-ring (bicyclic) bond motifs is 2. The number of anilines is 2. The molecule has 8 heteroatoms. The van der Waals surface area contributed by atoms with Crippen LogP contribution in [-0.4, -0.2) is 55.8 Å². The van der Waals surface area contributed by atoms with Gasteiger partial charge < -0.3 is 19.5 Å². The van der Waals surface area contributed by atoms with E-state index in [4.69, 9.17) is 14.6 Å². The van der Waals surface area contributed by atoms with Crippen LogP contribution in [0, 0.1) is 11.6 Å². The van der Waals surface area contributed by atoms with Crippen LogP contribution in [0.15, 0.2) is 12.1 Å². The van der Waals surface area contributed by atoms with Gasteiger partial charge in [0.1, 0.15) is 11.8 Å². The smallest absolute Gasteiger partial charge is 0.414 e. The summed E-state index contributed by atoms with van der Waals surface area (Å²) in [5.41, 5.74) is 0.0103. The second-order valence-corrected chi connectivity index (χ2v) is 6.42. The van der Waals surface area contributed by atoms with Crippen molar-refractivity contribution in [3.8, 4) is 0 Å². The molecular weight excluding hydrogens is 322 g/mol. The van der Waals surface area contributed by atoms with E-state index in [9.17, 15) is 13.6 Å². The molecule has 4 rings (SSSR count). The molecule has 2 unspecified atom stereocenters. The van der Waals surface area contributed by atoms with Crippen molar-refractivity contribution in [2.75, 3.05) is 36.0 Å². The zero-order chi connectivity index (χ0) is 16.8. The number of nitrogens with zero attached hydrogens (tertiary/aromatic N) is 2. The number of ether oxygens (including phenoxy) is 2. The van der Waals surface area contributed by atoms with Gasteiger partial charge in [0.2, 0.25) is 0 Å². The third kappa shape index (κ3) is 2.59. The lowest BCUT2D eigenvalue weighted by atomic mass is 10.2. The summed E-state index contributed by atoms with van der Waals surface area (Å²) in [6.45, 7) is 0.654. The number of carbonyl (C=O) groups excluding carboxylic acids is 1. The van der Waals surface area contributed by atoms with Crippen molar-refractivity contribution in [2.45, 2.75) is 31.2 Å². The Balaban J connectivity index is 1.61. The summed E-state index contributed by atoms with van der Waals surface area (Å²) in [6.07, 6.45) is 0.445. The van der Waals surface area contributed by atoms with Gasteiger partial charge in [-0.3, -0.25) is 4.90 Å². The first-order valence-corrected chi connectivity index (χ1v) is 8.03. The van der Waals surface area contributed by atoms with Crippen molar-refractivity contribution < 1.29 is 28.2 Å². The standard InChI is InChI=1S/C16H18F2N2O4/c17-13-3-9(20-7-12(8-21)24-16(20)22)4-14(18)15(13)19-5-10-1-2-11(6-19)23-10/h3-4,10-12,21H,1-2,5-8H2/t10?,11?,12-/m1/s1. The third-order valence-electron chi connectivity index (χ3n) is 4.75. The summed E-state index contributed by atoms with van der Waals surface area (Å²) in [5, 5.41) is 9.06. The average Bonchev–Trinajstić information content (AvgIpc) is 3.08. The Morgan fingerprint density at radius 3 is 2.29 bits per heavy atom. The first-order valence-electron chi connectivity index (χ1n) is 8.03. The number of hydrogen-bond acceptors (Lipinski definition) is 5. The van der Waals surface area contributed by atoms with Crippen LogP contribution in [0.2, 0.25) is 0 Å². The van der Waals surface area contributed by atoms with Gasteiger partial charge in [-0.2, -0.15) is 0 Å². The van der Waals surface area contributed by atoms with Crippen molar-refractivity contribution in [1.29, 1.82) is 0 Å². The number of rotatable bonds is 3.